The fourth-order valence-corrected chi connectivity index (χ4v) is 1.61. The van der Waals surface area contributed by atoms with Gasteiger partial charge in [0, 0.05) is 23.3 Å². The van der Waals surface area contributed by atoms with E-state index in [1.54, 1.807) is 0 Å². The SMILES string of the molecule is CCCCC(N)CNc1cccc(Cl)c1. The van der Waals surface area contributed by atoms with E-state index >= 15 is 0 Å². The van der Waals surface area contributed by atoms with Crippen molar-refractivity contribution in [1.29, 1.82) is 0 Å². The van der Waals surface area contributed by atoms with Crippen LogP contribution in [-0.4, -0.2) is 12.6 Å². The molecule has 0 spiro atoms. The first-order valence-corrected chi connectivity index (χ1v) is 5.85. The van der Waals surface area contributed by atoms with Gasteiger partial charge in [0.25, 0.3) is 0 Å². The molecule has 1 aromatic rings. The quantitative estimate of drug-likeness (QED) is 0.782. The molecule has 0 saturated carbocycles. The predicted molar refractivity (Wildman–Crippen MR) is 67.4 cm³/mol. The topological polar surface area (TPSA) is 38.0 Å². The van der Waals surface area contributed by atoms with Gasteiger partial charge in [-0.05, 0) is 24.6 Å². The van der Waals surface area contributed by atoms with Crippen molar-refractivity contribution in [2.45, 2.75) is 32.2 Å². The highest BCUT2D eigenvalue weighted by atomic mass is 35.5. The second kappa shape index (κ2) is 6.70. The van der Waals surface area contributed by atoms with Crippen molar-refractivity contribution in [3.63, 3.8) is 0 Å². The van der Waals surface area contributed by atoms with Crippen LogP contribution in [0.25, 0.3) is 0 Å². The molecule has 3 heteroatoms. The lowest BCUT2D eigenvalue weighted by molar-refractivity contribution is 0.596. The zero-order chi connectivity index (χ0) is 11.1. The molecule has 0 fully saturated rings. The van der Waals surface area contributed by atoms with Gasteiger partial charge in [-0.3, -0.25) is 0 Å². The monoisotopic (exact) mass is 226 g/mol. The number of hydrogen-bond acceptors (Lipinski definition) is 2. The molecule has 84 valence electrons. The predicted octanol–water partition coefficient (Wildman–Crippen LogP) is 3.27. The first-order chi connectivity index (χ1) is 7.22. The molecule has 0 heterocycles. The van der Waals surface area contributed by atoms with Gasteiger partial charge in [0.2, 0.25) is 0 Å². The minimum absolute atomic E-state index is 0.226. The minimum Gasteiger partial charge on any atom is -0.383 e. The lowest BCUT2D eigenvalue weighted by atomic mass is 10.1. The summed E-state index contributed by atoms with van der Waals surface area (Å²) in [6.07, 6.45) is 3.47. The van der Waals surface area contributed by atoms with Gasteiger partial charge in [0.05, 0.1) is 0 Å². The summed E-state index contributed by atoms with van der Waals surface area (Å²) in [4.78, 5) is 0. The van der Waals surface area contributed by atoms with Crippen LogP contribution in [0.2, 0.25) is 5.02 Å². The maximum atomic E-state index is 5.95. The summed E-state index contributed by atoms with van der Waals surface area (Å²) in [6.45, 7) is 2.98. The Morgan fingerprint density at radius 2 is 2.27 bits per heavy atom. The maximum absolute atomic E-state index is 5.95. The van der Waals surface area contributed by atoms with Crippen LogP contribution in [0.5, 0.6) is 0 Å². The molecule has 0 saturated heterocycles. The summed E-state index contributed by atoms with van der Waals surface area (Å²) in [5.41, 5.74) is 6.99. The molecule has 0 aromatic heterocycles. The minimum atomic E-state index is 0.226. The highest BCUT2D eigenvalue weighted by Crippen LogP contribution is 2.14. The molecule has 15 heavy (non-hydrogen) atoms. The molecule has 0 radical (unpaired) electrons. The normalized spacial score (nSPS) is 12.5. The van der Waals surface area contributed by atoms with Crippen LogP contribution >= 0.6 is 11.6 Å². The average molecular weight is 227 g/mol. The number of hydrogen-bond donors (Lipinski definition) is 2. The van der Waals surface area contributed by atoms with Crippen LogP contribution in [0, 0.1) is 0 Å². The Balaban J connectivity index is 2.30. The molecule has 0 aliphatic carbocycles. The zero-order valence-corrected chi connectivity index (χ0v) is 9.93. The first-order valence-electron chi connectivity index (χ1n) is 5.47. The van der Waals surface area contributed by atoms with Crippen LogP contribution in [0.1, 0.15) is 26.2 Å². The number of nitrogens with two attached hydrogens (primary N) is 1. The Hall–Kier alpha value is -0.730. The van der Waals surface area contributed by atoms with E-state index in [1.165, 1.54) is 12.8 Å². The summed E-state index contributed by atoms with van der Waals surface area (Å²) in [6, 6.07) is 7.93. The van der Waals surface area contributed by atoms with Gasteiger partial charge in [0.15, 0.2) is 0 Å². The number of nitrogens with one attached hydrogen (secondary N) is 1. The lowest BCUT2D eigenvalue weighted by Crippen LogP contribution is -2.28. The van der Waals surface area contributed by atoms with E-state index < -0.39 is 0 Å². The van der Waals surface area contributed by atoms with Gasteiger partial charge in [-0.2, -0.15) is 0 Å². The Kier molecular flexibility index (Phi) is 5.51. The van der Waals surface area contributed by atoms with Gasteiger partial charge >= 0.3 is 0 Å². The van der Waals surface area contributed by atoms with Crippen molar-refractivity contribution in [2.75, 3.05) is 11.9 Å². The van der Waals surface area contributed by atoms with Crippen LogP contribution in [0.4, 0.5) is 5.69 Å². The fraction of sp³-hybridized carbons (Fsp3) is 0.500. The number of anilines is 1. The van der Waals surface area contributed by atoms with E-state index in [1.807, 2.05) is 24.3 Å². The van der Waals surface area contributed by atoms with Crippen molar-refractivity contribution in [1.82, 2.24) is 0 Å². The molecular weight excluding hydrogens is 208 g/mol. The molecule has 1 atom stereocenters. The molecule has 3 N–H and O–H groups in total. The summed E-state index contributed by atoms with van der Waals surface area (Å²) >= 11 is 5.87. The average Bonchev–Trinajstić information content (AvgIpc) is 2.23. The standard InChI is InChI=1S/C12H19ClN2/c1-2-3-6-11(14)9-15-12-7-4-5-10(13)8-12/h4-5,7-8,11,15H,2-3,6,9,14H2,1H3. The van der Waals surface area contributed by atoms with Crippen molar-refractivity contribution < 1.29 is 0 Å². The first kappa shape index (κ1) is 12.3. The Bertz CT molecular complexity index is 289. The molecule has 1 rings (SSSR count). The summed E-state index contributed by atoms with van der Waals surface area (Å²) < 4.78 is 0. The van der Waals surface area contributed by atoms with Crippen LogP contribution < -0.4 is 11.1 Å². The maximum Gasteiger partial charge on any atom is 0.0426 e. The van der Waals surface area contributed by atoms with Gasteiger partial charge in [-0.25, -0.2) is 0 Å². The van der Waals surface area contributed by atoms with E-state index in [-0.39, 0.29) is 6.04 Å². The van der Waals surface area contributed by atoms with Gasteiger partial charge in [-0.1, -0.05) is 37.4 Å². The molecule has 0 bridgehead atoms. The zero-order valence-electron chi connectivity index (χ0n) is 9.17. The van der Waals surface area contributed by atoms with Gasteiger partial charge < -0.3 is 11.1 Å². The van der Waals surface area contributed by atoms with Crippen molar-refractivity contribution >= 4 is 17.3 Å². The van der Waals surface area contributed by atoms with E-state index in [2.05, 4.69) is 12.2 Å². The second-order valence-corrected chi connectivity index (χ2v) is 4.23. The van der Waals surface area contributed by atoms with Gasteiger partial charge in [0.1, 0.15) is 0 Å². The Morgan fingerprint density at radius 3 is 2.93 bits per heavy atom. The highest BCUT2D eigenvalue weighted by Gasteiger charge is 2.01. The largest absolute Gasteiger partial charge is 0.383 e. The van der Waals surface area contributed by atoms with E-state index in [0.717, 1.165) is 23.7 Å². The van der Waals surface area contributed by atoms with Crippen molar-refractivity contribution in [3.8, 4) is 0 Å². The Morgan fingerprint density at radius 1 is 1.47 bits per heavy atom. The smallest absolute Gasteiger partial charge is 0.0426 e. The third-order valence-corrected chi connectivity index (χ3v) is 2.56. The summed E-state index contributed by atoms with van der Waals surface area (Å²) in [7, 11) is 0. The molecule has 1 unspecified atom stereocenters. The third kappa shape index (κ3) is 5.05. The molecule has 2 nitrogen and oxygen atoms in total. The molecule has 0 aliphatic heterocycles. The van der Waals surface area contributed by atoms with E-state index in [0.29, 0.717) is 0 Å². The van der Waals surface area contributed by atoms with Crippen LogP contribution in [-0.2, 0) is 0 Å². The lowest BCUT2D eigenvalue weighted by Gasteiger charge is -2.13. The molecular formula is C12H19ClN2. The second-order valence-electron chi connectivity index (χ2n) is 3.79. The molecule has 0 amide bonds. The van der Waals surface area contributed by atoms with E-state index in [4.69, 9.17) is 17.3 Å². The molecule has 1 aromatic carbocycles. The van der Waals surface area contributed by atoms with Crippen LogP contribution in [0.3, 0.4) is 0 Å². The summed E-state index contributed by atoms with van der Waals surface area (Å²) in [5.74, 6) is 0. The van der Waals surface area contributed by atoms with Crippen molar-refractivity contribution in [3.05, 3.63) is 29.3 Å². The van der Waals surface area contributed by atoms with Gasteiger partial charge in [-0.15, -0.1) is 0 Å². The third-order valence-electron chi connectivity index (χ3n) is 2.32. The van der Waals surface area contributed by atoms with Crippen molar-refractivity contribution in [2.24, 2.45) is 5.73 Å². The molecule has 0 aliphatic rings. The number of rotatable bonds is 6. The Labute approximate surface area is 96.8 Å². The van der Waals surface area contributed by atoms with E-state index in [9.17, 15) is 0 Å². The fourth-order valence-electron chi connectivity index (χ4n) is 1.42. The summed E-state index contributed by atoms with van der Waals surface area (Å²) in [5, 5.41) is 4.04. The number of unbranched alkanes of at least 4 members (excludes halogenated alkanes) is 1. The highest BCUT2D eigenvalue weighted by molar-refractivity contribution is 6.30. The van der Waals surface area contributed by atoms with Crippen LogP contribution in [0.15, 0.2) is 24.3 Å². The number of halogens is 1. The number of benzene rings is 1.